The Morgan fingerprint density at radius 3 is 2.61 bits per heavy atom. The molecule has 2 aromatic carbocycles. The molecule has 0 atom stereocenters. The van der Waals surface area contributed by atoms with Crippen LogP contribution < -0.4 is 14.8 Å². The topological polar surface area (TPSA) is 117 Å². The molecule has 9 nitrogen and oxygen atoms in total. The van der Waals surface area contributed by atoms with Gasteiger partial charge >= 0.3 is 0 Å². The Hall–Kier alpha value is -3.88. The van der Waals surface area contributed by atoms with Crippen molar-refractivity contribution in [2.75, 3.05) is 14.2 Å². The van der Waals surface area contributed by atoms with Gasteiger partial charge in [-0.1, -0.05) is 17.3 Å². The number of nitrogens with zero attached hydrogens (tertiary/aromatic N) is 2. The first-order valence-electron chi connectivity index (χ1n) is 8.23. The summed E-state index contributed by atoms with van der Waals surface area (Å²) < 4.78 is 15.8. The van der Waals surface area contributed by atoms with Crippen LogP contribution in [-0.4, -0.2) is 30.2 Å². The summed E-state index contributed by atoms with van der Waals surface area (Å²) in [4.78, 5) is 22.7. The summed E-state index contributed by atoms with van der Waals surface area (Å²) in [6.07, 6.45) is 0. The molecule has 9 heteroatoms. The van der Waals surface area contributed by atoms with Crippen LogP contribution in [0.4, 0.5) is 5.69 Å². The summed E-state index contributed by atoms with van der Waals surface area (Å²) in [7, 11) is 3.08. The Morgan fingerprint density at radius 2 is 1.89 bits per heavy atom. The van der Waals surface area contributed by atoms with Gasteiger partial charge < -0.3 is 19.3 Å². The van der Waals surface area contributed by atoms with Crippen molar-refractivity contribution in [2.24, 2.45) is 0 Å². The van der Waals surface area contributed by atoms with Crippen LogP contribution in [0.1, 0.15) is 16.1 Å². The maximum absolute atomic E-state index is 12.3. The van der Waals surface area contributed by atoms with Gasteiger partial charge in [0.05, 0.1) is 25.7 Å². The van der Waals surface area contributed by atoms with E-state index in [0.717, 1.165) is 5.56 Å². The van der Waals surface area contributed by atoms with E-state index in [1.54, 1.807) is 37.4 Å². The molecule has 1 amide bonds. The number of ether oxygens (including phenoxy) is 2. The molecule has 144 valence electrons. The zero-order valence-electron chi connectivity index (χ0n) is 15.2. The van der Waals surface area contributed by atoms with Gasteiger partial charge in [-0.05, 0) is 24.3 Å². The average molecular weight is 383 g/mol. The lowest BCUT2D eigenvalue weighted by Crippen LogP contribution is -2.23. The number of rotatable bonds is 7. The minimum absolute atomic E-state index is 0.0175. The highest BCUT2D eigenvalue weighted by molar-refractivity contribution is 5.98. The van der Waals surface area contributed by atoms with Crippen molar-refractivity contribution in [3.05, 3.63) is 69.9 Å². The van der Waals surface area contributed by atoms with Gasteiger partial charge in [0.15, 0.2) is 17.3 Å². The molecular formula is C19H17N3O6. The highest BCUT2D eigenvalue weighted by Crippen LogP contribution is 2.32. The number of benzene rings is 2. The summed E-state index contributed by atoms with van der Waals surface area (Å²) in [5.74, 6) is 1.05. The van der Waals surface area contributed by atoms with Crippen LogP contribution >= 0.6 is 0 Å². The van der Waals surface area contributed by atoms with Crippen molar-refractivity contribution >= 4 is 11.6 Å². The zero-order valence-corrected chi connectivity index (χ0v) is 15.2. The first-order chi connectivity index (χ1) is 13.5. The third-order valence-electron chi connectivity index (χ3n) is 4.00. The second-order valence-electron chi connectivity index (χ2n) is 5.71. The average Bonchev–Trinajstić information content (AvgIpc) is 3.20. The molecule has 0 bridgehead atoms. The Morgan fingerprint density at radius 1 is 1.14 bits per heavy atom. The molecule has 0 aliphatic carbocycles. The lowest BCUT2D eigenvalue weighted by atomic mass is 10.1. The Labute approximate surface area is 160 Å². The van der Waals surface area contributed by atoms with Crippen molar-refractivity contribution in [1.82, 2.24) is 10.5 Å². The summed E-state index contributed by atoms with van der Waals surface area (Å²) in [6.45, 7) is 0.0572. The predicted molar refractivity (Wildman–Crippen MR) is 99.3 cm³/mol. The van der Waals surface area contributed by atoms with Gasteiger partial charge in [0, 0.05) is 17.7 Å². The van der Waals surface area contributed by atoms with E-state index in [2.05, 4.69) is 10.5 Å². The first-order valence-corrected chi connectivity index (χ1v) is 8.23. The van der Waals surface area contributed by atoms with Crippen molar-refractivity contribution in [1.29, 1.82) is 0 Å². The van der Waals surface area contributed by atoms with E-state index in [4.69, 9.17) is 14.0 Å². The minimum atomic E-state index is -0.597. The number of carbonyl (C=O) groups excluding carboxylic acids is 1. The summed E-state index contributed by atoms with van der Waals surface area (Å²) >= 11 is 0. The standard InChI is InChI=1S/C19H17N3O6/c1-26-16-8-7-12(9-18(16)27-2)17-10-13(21-28-17)11-20-19(23)14-5-3-4-6-15(14)22(24)25/h3-10H,11H2,1-2H3,(H,20,23). The largest absolute Gasteiger partial charge is 0.493 e. The monoisotopic (exact) mass is 383 g/mol. The van der Waals surface area contributed by atoms with Crippen LogP contribution in [0.5, 0.6) is 11.5 Å². The van der Waals surface area contributed by atoms with Crippen LogP contribution in [0.2, 0.25) is 0 Å². The normalized spacial score (nSPS) is 10.4. The van der Waals surface area contributed by atoms with E-state index in [1.807, 2.05) is 0 Å². The molecular weight excluding hydrogens is 366 g/mol. The van der Waals surface area contributed by atoms with Gasteiger partial charge in [-0.2, -0.15) is 0 Å². The molecule has 0 radical (unpaired) electrons. The molecule has 1 heterocycles. The number of amides is 1. The molecule has 28 heavy (non-hydrogen) atoms. The molecule has 0 aliphatic heterocycles. The van der Waals surface area contributed by atoms with Crippen molar-refractivity contribution in [3.8, 4) is 22.8 Å². The molecule has 3 rings (SSSR count). The number of aromatic nitrogens is 1. The lowest BCUT2D eigenvalue weighted by Gasteiger charge is -2.07. The van der Waals surface area contributed by atoms with E-state index in [-0.39, 0.29) is 17.8 Å². The van der Waals surface area contributed by atoms with Crippen LogP contribution in [-0.2, 0) is 6.54 Å². The SMILES string of the molecule is COc1ccc(-c2cc(CNC(=O)c3ccccc3[N+](=O)[O-])no2)cc1OC. The van der Waals surface area contributed by atoms with E-state index in [1.165, 1.54) is 25.3 Å². The molecule has 0 aliphatic rings. The minimum Gasteiger partial charge on any atom is -0.493 e. The second kappa shape index (κ2) is 8.21. The van der Waals surface area contributed by atoms with Crippen molar-refractivity contribution < 1.29 is 23.7 Å². The summed E-state index contributed by atoms with van der Waals surface area (Å²) in [5, 5.41) is 17.6. The lowest BCUT2D eigenvalue weighted by molar-refractivity contribution is -0.385. The maximum Gasteiger partial charge on any atom is 0.282 e. The Balaban J connectivity index is 1.72. The molecule has 1 N–H and O–H groups in total. The van der Waals surface area contributed by atoms with E-state index in [0.29, 0.717) is 23.0 Å². The number of hydrogen-bond acceptors (Lipinski definition) is 7. The molecule has 0 saturated carbocycles. The number of nitrogens with one attached hydrogen (secondary N) is 1. The zero-order chi connectivity index (χ0) is 20.1. The molecule has 3 aromatic rings. The van der Waals surface area contributed by atoms with Crippen LogP contribution in [0.25, 0.3) is 11.3 Å². The maximum atomic E-state index is 12.3. The van der Waals surface area contributed by atoms with Crippen LogP contribution in [0, 0.1) is 10.1 Å². The molecule has 0 spiro atoms. The molecule has 0 fully saturated rings. The smallest absolute Gasteiger partial charge is 0.282 e. The van der Waals surface area contributed by atoms with Gasteiger partial charge in [0.2, 0.25) is 0 Å². The second-order valence-corrected chi connectivity index (χ2v) is 5.71. The number of nitro groups is 1. The fourth-order valence-corrected chi connectivity index (χ4v) is 2.61. The Kier molecular flexibility index (Phi) is 5.54. The molecule has 0 saturated heterocycles. The third-order valence-corrected chi connectivity index (χ3v) is 4.00. The van der Waals surface area contributed by atoms with Gasteiger partial charge in [0.25, 0.3) is 11.6 Å². The van der Waals surface area contributed by atoms with Gasteiger partial charge in [-0.25, -0.2) is 0 Å². The van der Waals surface area contributed by atoms with Crippen LogP contribution in [0.15, 0.2) is 53.1 Å². The van der Waals surface area contributed by atoms with Gasteiger partial charge in [-0.3, -0.25) is 14.9 Å². The number of nitro benzene ring substituents is 1. The van der Waals surface area contributed by atoms with E-state index < -0.39 is 10.8 Å². The van der Waals surface area contributed by atoms with Gasteiger partial charge in [-0.15, -0.1) is 0 Å². The first kappa shape index (κ1) is 18.9. The van der Waals surface area contributed by atoms with E-state index in [9.17, 15) is 14.9 Å². The highest BCUT2D eigenvalue weighted by Gasteiger charge is 2.19. The van der Waals surface area contributed by atoms with Crippen LogP contribution in [0.3, 0.4) is 0 Å². The predicted octanol–water partition coefficient (Wildman–Crippen LogP) is 3.20. The fraction of sp³-hybridized carbons (Fsp3) is 0.158. The number of carbonyl (C=O) groups is 1. The quantitative estimate of drug-likeness (QED) is 0.492. The molecule has 1 aromatic heterocycles. The number of para-hydroxylation sites is 1. The van der Waals surface area contributed by atoms with Crippen molar-refractivity contribution in [2.45, 2.75) is 6.54 Å². The summed E-state index contributed by atoms with van der Waals surface area (Å²) in [5.41, 5.74) is 0.917. The van der Waals surface area contributed by atoms with Gasteiger partial charge in [0.1, 0.15) is 11.3 Å². The van der Waals surface area contributed by atoms with E-state index >= 15 is 0 Å². The number of hydrogen-bond donors (Lipinski definition) is 1. The highest BCUT2D eigenvalue weighted by atomic mass is 16.6. The number of methoxy groups -OCH3 is 2. The third kappa shape index (κ3) is 3.93. The molecule has 0 unspecified atom stereocenters. The summed E-state index contributed by atoms with van der Waals surface area (Å²) in [6, 6.07) is 12.7. The fourth-order valence-electron chi connectivity index (χ4n) is 2.61. The van der Waals surface area contributed by atoms with Crippen molar-refractivity contribution in [3.63, 3.8) is 0 Å². The Bertz CT molecular complexity index is 1010.